The molecule has 37 heavy (non-hydrogen) atoms. The predicted molar refractivity (Wildman–Crippen MR) is 145 cm³/mol. The fraction of sp³-hybridized carbons (Fsp3) is 0.233. The molecule has 0 radical (unpaired) electrons. The quantitative estimate of drug-likeness (QED) is 0.309. The number of pyridine rings is 2. The van der Waals surface area contributed by atoms with Gasteiger partial charge in [-0.05, 0) is 54.3 Å². The average Bonchev–Trinajstić information content (AvgIpc) is 2.91. The minimum absolute atomic E-state index is 0.00224. The lowest BCUT2D eigenvalue weighted by Crippen LogP contribution is -2.25. The maximum absolute atomic E-state index is 14.6. The molecule has 1 aliphatic rings. The molecule has 1 amide bonds. The van der Waals surface area contributed by atoms with Gasteiger partial charge in [-0.1, -0.05) is 61.7 Å². The van der Waals surface area contributed by atoms with E-state index in [1.165, 1.54) is 12.1 Å². The molecule has 2 aromatic carbocycles. The Balaban J connectivity index is 1.58. The van der Waals surface area contributed by atoms with E-state index in [2.05, 4.69) is 10.3 Å². The normalized spacial score (nSPS) is 18.1. The van der Waals surface area contributed by atoms with Crippen LogP contribution in [0.4, 0.5) is 10.1 Å². The van der Waals surface area contributed by atoms with E-state index in [1.807, 2.05) is 43.3 Å². The van der Waals surface area contributed by atoms with Gasteiger partial charge in [-0.2, -0.15) is 0 Å². The number of aromatic nitrogens is 2. The Hall–Kier alpha value is -3.77. The minimum Gasteiger partial charge on any atom is -0.325 e. The van der Waals surface area contributed by atoms with Crippen molar-refractivity contribution in [3.63, 3.8) is 0 Å². The number of rotatable bonds is 2. The second-order valence-corrected chi connectivity index (χ2v) is 9.88. The molecule has 188 valence electrons. The van der Waals surface area contributed by atoms with Gasteiger partial charge in [0.15, 0.2) is 0 Å². The molecule has 1 aliphatic heterocycles. The van der Waals surface area contributed by atoms with Gasteiger partial charge in [0.1, 0.15) is 5.82 Å². The van der Waals surface area contributed by atoms with Gasteiger partial charge in [0.2, 0.25) is 5.91 Å². The van der Waals surface area contributed by atoms with Gasteiger partial charge < -0.3 is 9.88 Å². The Morgan fingerprint density at radius 3 is 2.54 bits per heavy atom. The minimum atomic E-state index is -0.548. The molecule has 0 unspecified atom stereocenters. The van der Waals surface area contributed by atoms with Gasteiger partial charge in [-0.15, -0.1) is 0 Å². The van der Waals surface area contributed by atoms with Crippen molar-refractivity contribution in [1.29, 1.82) is 0 Å². The van der Waals surface area contributed by atoms with Gasteiger partial charge in [0.05, 0.1) is 16.8 Å². The maximum atomic E-state index is 14.6. The van der Waals surface area contributed by atoms with E-state index in [0.29, 0.717) is 12.0 Å². The highest BCUT2D eigenvalue weighted by molar-refractivity contribution is 6.31. The first-order valence-electron chi connectivity index (χ1n) is 12.4. The number of anilines is 1. The van der Waals surface area contributed by atoms with Crippen LogP contribution in [0.5, 0.6) is 0 Å². The molecular weight excluding hydrogens is 489 g/mol. The van der Waals surface area contributed by atoms with E-state index in [9.17, 15) is 14.0 Å². The summed E-state index contributed by atoms with van der Waals surface area (Å²) in [5.74, 6) is -0.686. The van der Waals surface area contributed by atoms with Crippen LogP contribution in [0.1, 0.15) is 44.3 Å². The summed E-state index contributed by atoms with van der Waals surface area (Å²) in [6.07, 6.45) is 6.52. The number of nitrogens with one attached hydrogen (secondary N) is 1. The number of carbonyl (C=O) groups excluding carboxylic acids is 1. The van der Waals surface area contributed by atoms with Crippen molar-refractivity contribution >= 4 is 23.2 Å². The number of fused-ring (bicyclic) bond motifs is 4. The van der Waals surface area contributed by atoms with Crippen LogP contribution in [0.15, 0.2) is 83.9 Å². The summed E-state index contributed by atoms with van der Waals surface area (Å²) < 4.78 is 16.3. The van der Waals surface area contributed by atoms with Crippen molar-refractivity contribution < 1.29 is 9.18 Å². The lowest BCUT2D eigenvalue weighted by atomic mass is 9.98. The Morgan fingerprint density at radius 1 is 0.946 bits per heavy atom. The third-order valence-corrected chi connectivity index (χ3v) is 7.27. The number of nitrogens with zero attached hydrogens (tertiary/aromatic N) is 2. The average molecular weight is 516 g/mol. The number of benzene rings is 2. The molecule has 5 rings (SSSR count). The first-order chi connectivity index (χ1) is 17.9. The van der Waals surface area contributed by atoms with Gasteiger partial charge in [0, 0.05) is 41.2 Å². The zero-order valence-electron chi connectivity index (χ0n) is 20.5. The molecule has 7 heteroatoms. The molecule has 0 fully saturated rings. The Morgan fingerprint density at radius 2 is 1.70 bits per heavy atom. The van der Waals surface area contributed by atoms with Crippen LogP contribution in [-0.4, -0.2) is 15.5 Å². The van der Waals surface area contributed by atoms with Crippen molar-refractivity contribution in [3.8, 4) is 22.3 Å². The van der Waals surface area contributed by atoms with Crippen molar-refractivity contribution in [3.05, 3.63) is 106 Å². The zero-order chi connectivity index (χ0) is 25.9. The van der Waals surface area contributed by atoms with Crippen molar-refractivity contribution in [2.75, 3.05) is 5.32 Å². The van der Waals surface area contributed by atoms with Crippen LogP contribution in [0, 0.1) is 11.7 Å². The molecule has 5 nitrogen and oxygen atoms in total. The van der Waals surface area contributed by atoms with Crippen LogP contribution < -0.4 is 10.9 Å². The van der Waals surface area contributed by atoms with Crippen molar-refractivity contribution in [1.82, 2.24) is 9.55 Å². The molecule has 0 spiro atoms. The predicted octanol–water partition coefficient (Wildman–Crippen LogP) is 7.11. The fourth-order valence-electron chi connectivity index (χ4n) is 4.89. The van der Waals surface area contributed by atoms with Crippen molar-refractivity contribution in [2.45, 2.75) is 38.6 Å². The van der Waals surface area contributed by atoms with E-state index >= 15 is 0 Å². The molecule has 2 atom stereocenters. The SMILES string of the molecule is C[C@@H]1CCCC[C@H](n2ccc(-c3cccc(Cl)c3F)cc2=O)c2cc(ccn2)-c2ccccc2NC1=O. The highest BCUT2D eigenvalue weighted by Crippen LogP contribution is 2.33. The van der Waals surface area contributed by atoms with E-state index in [0.717, 1.165) is 41.8 Å². The second-order valence-electron chi connectivity index (χ2n) is 9.47. The van der Waals surface area contributed by atoms with Gasteiger partial charge in [0.25, 0.3) is 5.56 Å². The number of carbonyl (C=O) groups is 1. The van der Waals surface area contributed by atoms with E-state index in [1.54, 1.807) is 35.2 Å². The topological polar surface area (TPSA) is 64.0 Å². The summed E-state index contributed by atoms with van der Waals surface area (Å²) >= 11 is 5.96. The summed E-state index contributed by atoms with van der Waals surface area (Å²) in [5.41, 5.74) is 3.82. The Kier molecular flexibility index (Phi) is 7.19. The number of para-hydroxylation sites is 1. The van der Waals surface area contributed by atoms with E-state index in [4.69, 9.17) is 11.6 Å². The van der Waals surface area contributed by atoms with Gasteiger partial charge >= 0.3 is 0 Å². The van der Waals surface area contributed by atoms with E-state index < -0.39 is 5.82 Å². The monoisotopic (exact) mass is 515 g/mol. The summed E-state index contributed by atoms with van der Waals surface area (Å²) in [4.78, 5) is 30.8. The summed E-state index contributed by atoms with van der Waals surface area (Å²) in [5, 5.41) is 3.10. The number of hydrogen-bond acceptors (Lipinski definition) is 3. The van der Waals surface area contributed by atoms with E-state index in [-0.39, 0.29) is 34.0 Å². The van der Waals surface area contributed by atoms with Crippen LogP contribution >= 0.6 is 11.6 Å². The molecule has 2 aromatic heterocycles. The zero-order valence-corrected chi connectivity index (χ0v) is 21.2. The van der Waals surface area contributed by atoms with Gasteiger partial charge in [-0.3, -0.25) is 14.6 Å². The molecule has 0 saturated carbocycles. The second kappa shape index (κ2) is 10.7. The molecule has 2 bridgehead atoms. The Labute approximate surface area is 220 Å². The van der Waals surface area contributed by atoms with Crippen LogP contribution in [0.2, 0.25) is 5.02 Å². The summed E-state index contributed by atoms with van der Waals surface area (Å²) in [6.45, 7) is 1.94. The molecule has 1 N–H and O–H groups in total. The fourth-order valence-corrected chi connectivity index (χ4v) is 5.06. The molecular formula is C30H27ClFN3O2. The number of hydrogen-bond donors (Lipinski definition) is 1. The lowest BCUT2D eigenvalue weighted by molar-refractivity contribution is -0.119. The molecule has 0 saturated heterocycles. The molecule has 3 heterocycles. The highest BCUT2D eigenvalue weighted by Gasteiger charge is 2.21. The van der Waals surface area contributed by atoms with Crippen LogP contribution in [0.3, 0.4) is 0 Å². The number of amides is 1. The van der Waals surface area contributed by atoms with Crippen LogP contribution in [-0.2, 0) is 4.79 Å². The Bertz CT molecular complexity index is 1520. The maximum Gasteiger partial charge on any atom is 0.251 e. The smallest absolute Gasteiger partial charge is 0.251 e. The first-order valence-corrected chi connectivity index (χ1v) is 12.8. The third-order valence-electron chi connectivity index (χ3n) is 6.98. The van der Waals surface area contributed by atoms with Crippen LogP contribution in [0.25, 0.3) is 22.3 Å². The summed E-state index contributed by atoms with van der Waals surface area (Å²) in [7, 11) is 0. The van der Waals surface area contributed by atoms with Gasteiger partial charge in [-0.25, -0.2) is 4.39 Å². The number of halogens is 2. The first kappa shape index (κ1) is 24.9. The lowest BCUT2D eigenvalue weighted by Gasteiger charge is -2.21. The third kappa shape index (κ3) is 5.20. The summed E-state index contributed by atoms with van der Waals surface area (Å²) in [6, 6.07) is 19.2. The standard InChI is InChI=1S/C30H27ClFN3O2/c1-19-7-2-5-12-27(35-16-14-21(18-28(35)36)23-9-6-10-24(31)29(23)32)26-17-20(13-15-33-26)22-8-3-4-11-25(22)34-30(19)37/h3-4,6,8-11,13-19,27H,2,5,7,12H2,1H3,(H,34,37)/t19-,27+/m1/s1. The highest BCUT2D eigenvalue weighted by atomic mass is 35.5. The molecule has 4 aromatic rings. The largest absolute Gasteiger partial charge is 0.325 e. The molecule has 0 aliphatic carbocycles. The van der Waals surface area contributed by atoms with Crippen molar-refractivity contribution in [2.24, 2.45) is 5.92 Å².